The van der Waals surface area contributed by atoms with Crippen molar-refractivity contribution in [2.24, 2.45) is 28.9 Å². The van der Waals surface area contributed by atoms with E-state index in [0.717, 1.165) is 29.9 Å². The van der Waals surface area contributed by atoms with Gasteiger partial charge in [0.2, 0.25) is 0 Å². The second-order valence-corrected chi connectivity index (χ2v) is 11.9. The molecular formula is C29H49NO5. The van der Waals surface area contributed by atoms with Crippen LogP contribution in [0.3, 0.4) is 0 Å². The Hall–Kier alpha value is -1.47. The Morgan fingerprint density at radius 3 is 2.54 bits per heavy atom. The van der Waals surface area contributed by atoms with E-state index < -0.39 is 23.8 Å². The van der Waals surface area contributed by atoms with Gasteiger partial charge in [0.05, 0.1) is 24.4 Å². The molecule has 3 aliphatic carbocycles. The number of hydrogen-bond donors (Lipinski definition) is 5. The van der Waals surface area contributed by atoms with E-state index in [1.54, 1.807) is 5.57 Å². The molecule has 0 aliphatic heterocycles. The molecule has 6 heteroatoms. The summed E-state index contributed by atoms with van der Waals surface area (Å²) in [4.78, 5) is 9.24. The highest BCUT2D eigenvalue weighted by Crippen LogP contribution is 2.60. The fourth-order valence-electron chi connectivity index (χ4n) is 6.74. The highest BCUT2D eigenvalue weighted by Gasteiger charge is 2.50. The highest BCUT2D eigenvalue weighted by molar-refractivity contribution is 5.68. The van der Waals surface area contributed by atoms with Gasteiger partial charge in [0.25, 0.3) is 0 Å². The van der Waals surface area contributed by atoms with Crippen molar-refractivity contribution in [3.05, 3.63) is 35.5 Å². The summed E-state index contributed by atoms with van der Waals surface area (Å²) in [6.07, 6.45) is 13.9. The first-order chi connectivity index (χ1) is 16.3. The average Bonchev–Trinajstić information content (AvgIpc) is 3.12. The molecule has 0 aromatic heterocycles. The van der Waals surface area contributed by atoms with Gasteiger partial charge in [-0.15, -0.1) is 0 Å². The monoisotopic (exact) mass is 491 g/mol. The summed E-state index contributed by atoms with van der Waals surface area (Å²) in [5, 5.41) is 37.8. The van der Waals surface area contributed by atoms with Gasteiger partial charge < -0.3 is 26.2 Å². The van der Waals surface area contributed by atoms with Gasteiger partial charge in [0.15, 0.2) is 0 Å². The van der Waals surface area contributed by atoms with Crippen LogP contribution in [0.1, 0.15) is 91.9 Å². The number of rotatable bonds is 7. The molecule has 0 saturated heterocycles. The number of nitrogens with two attached hydrogens (primary N) is 1. The Balaban J connectivity index is 0.000000784. The molecule has 35 heavy (non-hydrogen) atoms. The number of fused-ring (bicyclic) bond motifs is 1. The van der Waals surface area contributed by atoms with Crippen molar-refractivity contribution in [2.45, 2.75) is 110 Å². The predicted molar refractivity (Wildman–Crippen MR) is 141 cm³/mol. The third kappa shape index (κ3) is 8.28. The highest BCUT2D eigenvalue weighted by atomic mass is 16.4. The minimum atomic E-state index is -0.968. The Morgan fingerprint density at radius 2 is 1.94 bits per heavy atom. The largest absolute Gasteiger partial charge is 0.480 e. The maximum atomic E-state index is 10.1. The van der Waals surface area contributed by atoms with Crippen LogP contribution in [0.4, 0.5) is 0 Å². The van der Waals surface area contributed by atoms with Gasteiger partial charge in [-0.3, -0.25) is 4.79 Å². The molecule has 3 fully saturated rings. The number of allylic oxidation sites excluding steroid dienone is 3. The number of aliphatic hydroxyl groups is 3. The summed E-state index contributed by atoms with van der Waals surface area (Å²) < 4.78 is 0. The molecule has 200 valence electrons. The van der Waals surface area contributed by atoms with Crippen LogP contribution in [0.2, 0.25) is 0 Å². The van der Waals surface area contributed by atoms with Crippen molar-refractivity contribution in [3.8, 4) is 0 Å². The van der Waals surface area contributed by atoms with Gasteiger partial charge in [0.1, 0.15) is 0 Å². The van der Waals surface area contributed by atoms with Crippen molar-refractivity contribution in [3.63, 3.8) is 0 Å². The van der Waals surface area contributed by atoms with E-state index in [-0.39, 0.29) is 6.54 Å². The van der Waals surface area contributed by atoms with Crippen LogP contribution >= 0.6 is 0 Å². The molecule has 3 aliphatic rings. The molecule has 0 bridgehead atoms. The first-order valence-corrected chi connectivity index (χ1v) is 13.4. The molecular weight excluding hydrogens is 442 g/mol. The van der Waals surface area contributed by atoms with Crippen molar-refractivity contribution < 1.29 is 25.2 Å². The van der Waals surface area contributed by atoms with Crippen LogP contribution in [-0.2, 0) is 4.79 Å². The number of carboxylic acids is 1. The molecule has 3 saturated carbocycles. The fourth-order valence-corrected chi connectivity index (χ4v) is 6.74. The van der Waals surface area contributed by atoms with Crippen LogP contribution in [-0.4, -0.2) is 50.7 Å². The number of hydrogen-bond acceptors (Lipinski definition) is 5. The summed E-state index contributed by atoms with van der Waals surface area (Å²) in [5.74, 6) is 1.14. The molecule has 0 aromatic rings. The summed E-state index contributed by atoms with van der Waals surface area (Å²) >= 11 is 0. The first kappa shape index (κ1) is 29.8. The fraction of sp³-hybridized carbons (Fsp3) is 0.759. The van der Waals surface area contributed by atoms with E-state index in [1.807, 2.05) is 13.8 Å². The van der Waals surface area contributed by atoms with Gasteiger partial charge in [0, 0.05) is 6.42 Å². The minimum absolute atomic E-state index is 0.278. The minimum Gasteiger partial charge on any atom is -0.480 e. The lowest BCUT2D eigenvalue weighted by atomic mass is 9.60. The number of aliphatic carboxylic acids is 1. The third-order valence-electron chi connectivity index (χ3n) is 8.61. The van der Waals surface area contributed by atoms with Crippen LogP contribution in [0, 0.1) is 23.2 Å². The summed E-state index contributed by atoms with van der Waals surface area (Å²) in [6.45, 7) is 12.6. The molecule has 0 spiro atoms. The van der Waals surface area contributed by atoms with Crippen molar-refractivity contribution in [2.75, 3.05) is 6.54 Å². The SMILES string of the molecule is C=C1/C(=C\C=C2/CCC[C@]3(C)[C@@H]([C@H](C)CCCC(C)(C)O)CC[C@@H]23)C[C@@H](O)C[C@@H]1O.NCC(=O)O. The van der Waals surface area contributed by atoms with Gasteiger partial charge in [-0.1, -0.05) is 51.0 Å². The van der Waals surface area contributed by atoms with Crippen LogP contribution < -0.4 is 5.73 Å². The Bertz CT molecular complexity index is 795. The Morgan fingerprint density at radius 1 is 1.29 bits per heavy atom. The van der Waals surface area contributed by atoms with Gasteiger partial charge in [-0.05, 0) is 93.1 Å². The van der Waals surface area contributed by atoms with Crippen LogP contribution in [0.25, 0.3) is 0 Å². The molecule has 6 atom stereocenters. The molecule has 6 nitrogen and oxygen atoms in total. The van der Waals surface area contributed by atoms with Gasteiger partial charge in [-0.25, -0.2) is 0 Å². The van der Waals surface area contributed by atoms with E-state index in [0.29, 0.717) is 30.1 Å². The maximum Gasteiger partial charge on any atom is 0.317 e. The molecule has 0 amide bonds. The summed E-state index contributed by atoms with van der Waals surface area (Å²) in [7, 11) is 0. The lowest BCUT2D eigenvalue weighted by Gasteiger charge is -2.44. The van der Waals surface area contributed by atoms with E-state index >= 15 is 0 Å². The lowest BCUT2D eigenvalue weighted by molar-refractivity contribution is -0.135. The number of carboxylic acid groups (broad SMARTS) is 1. The average molecular weight is 492 g/mol. The molecule has 0 heterocycles. The molecule has 0 unspecified atom stereocenters. The summed E-state index contributed by atoms with van der Waals surface area (Å²) in [6, 6.07) is 0. The van der Waals surface area contributed by atoms with Crippen LogP contribution in [0.15, 0.2) is 35.5 Å². The Kier molecular flexibility index (Phi) is 10.8. The summed E-state index contributed by atoms with van der Waals surface area (Å²) in [5.41, 5.74) is 7.74. The van der Waals surface area contributed by atoms with E-state index in [2.05, 4.69) is 38.3 Å². The number of carbonyl (C=O) groups is 1. The van der Waals surface area contributed by atoms with Gasteiger partial charge >= 0.3 is 5.97 Å². The van der Waals surface area contributed by atoms with E-state index in [9.17, 15) is 20.1 Å². The molecule has 3 rings (SSSR count). The first-order valence-electron chi connectivity index (χ1n) is 13.4. The van der Waals surface area contributed by atoms with E-state index in [1.165, 1.54) is 38.5 Å². The zero-order valence-electron chi connectivity index (χ0n) is 22.3. The molecule has 0 radical (unpaired) electrons. The smallest absolute Gasteiger partial charge is 0.317 e. The normalized spacial score (nSPS) is 34.3. The Labute approximate surface area is 212 Å². The van der Waals surface area contributed by atoms with Crippen molar-refractivity contribution >= 4 is 5.97 Å². The van der Waals surface area contributed by atoms with Crippen molar-refractivity contribution in [1.82, 2.24) is 0 Å². The molecule has 0 aromatic carbocycles. The topological polar surface area (TPSA) is 124 Å². The molecule has 6 N–H and O–H groups in total. The van der Waals surface area contributed by atoms with Crippen molar-refractivity contribution in [1.29, 1.82) is 0 Å². The zero-order chi connectivity index (χ0) is 26.4. The number of aliphatic hydroxyl groups excluding tert-OH is 2. The van der Waals surface area contributed by atoms with Crippen LogP contribution in [0.5, 0.6) is 0 Å². The van der Waals surface area contributed by atoms with E-state index in [4.69, 9.17) is 5.11 Å². The maximum absolute atomic E-state index is 10.1. The van der Waals surface area contributed by atoms with Gasteiger partial charge in [-0.2, -0.15) is 0 Å². The quantitative estimate of drug-likeness (QED) is 0.351. The standard InChI is InChI=1S/C27H44O3.C2H5NO2/c1-18(8-6-14-26(3,4)30)23-12-13-24-20(9-7-15-27(23,24)5)10-11-21-16-22(28)17-25(29)19(21)2;3-1-2(4)5/h10-11,18,22-25,28-30H,2,6-9,12-17H2,1,3-5H3;1,3H2,(H,4,5)/b20-10+,21-11-;/t18-,22-,23-,24+,25+,27-;/m1./s1. The zero-order valence-corrected chi connectivity index (χ0v) is 22.3. The second-order valence-electron chi connectivity index (χ2n) is 11.9. The lowest BCUT2D eigenvalue weighted by Crippen LogP contribution is -2.36. The third-order valence-corrected chi connectivity index (χ3v) is 8.61. The predicted octanol–water partition coefficient (Wildman–Crippen LogP) is 4.73. The second kappa shape index (κ2) is 12.7.